The van der Waals surface area contributed by atoms with Gasteiger partial charge in [0.25, 0.3) is 5.91 Å². The van der Waals surface area contributed by atoms with Crippen molar-refractivity contribution in [3.05, 3.63) is 23.8 Å². The van der Waals surface area contributed by atoms with Gasteiger partial charge in [0.15, 0.2) is 0 Å². The maximum Gasteiger partial charge on any atom is 0.253 e. The number of methoxy groups -OCH3 is 1. The summed E-state index contributed by atoms with van der Waals surface area (Å²) in [4.78, 5) is 26.8. The molecule has 2 amide bonds. The molecule has 0 unspecified atom stereocenters. The fourth-order valence-corrected chi connectivity index (χ4v) is 3.16. The van der Waals surface area contributed by atoms with Crippen LogP contribution in [0.2, 0.25) is 0 Å². The Bertz CT molecular complexity index is 596. The number of hydrogen-bond acceptors (Lipinski definition) is 4. The SMILES string of the molecule is COCCNC(=O)c1cc(NC(=O)C2CCCCC2)ccc1N(C)C. The number of carbonyl (C=O) groups is 2. The molecule has 2 rings (SSSR count). The van der Waals surface area contributed by atoms with E-state index in [1.54, 1.807) is 13.2 Å². The lowest BCUT2D eigenvalue weighted by Gasteiger charge is -2.22. The predicted octanol–water partition coefficient (Wildman–Crippen LogP) is 2.65. The van der Waals surface area contributed by atoms with Crippen LogP contribution in [0, 0.1) is 5.92 Å². The topological polar surface area (TPSA) is 70.7 Å². The largest absolute Gasteiger partial charge is 0.383 e. The molecular weight excluding hydrogens is 318 g/mol. The summed E-state index contributed by atoms with van der Waals surface area (Å²) in [5.41, 5.74) is 2.02. The average molecular weight is 347 g/mol. The number of benzene rings is 1. The fourth-order valence-electron chi connectivity index (χ4n) is 3.16. The number of carbonyl (C=O) groups excluding carboxylic acids is 2. The molecule has 6 heteroatoms. The molecule has 25 heavy (non-hydrogen) atoms. The maximum absolute atomic E-state index is 12.5. The van der Waals surface area contributed by atoms with Crippen molar-refractivity contribution in [2.24, 2.45) is 5.92 Å². The van der Waals surface area contributed by atoms with Crippen molar-refractivity contribution in [1.29, 1.82) is 0 Å². The number of nitrogens with one attached hydrogen (secondary N) is 2. The first-order valence-electron chi connectivity index (χ1n) is 8.92. The first-order valence-corrected chi connectivity index (χ1v) is 8.92. The lowest BCUT2D eigenvalue weighted by Crippen LogP contribution is -2.29. The summed E-state index contributed by atoms with van der Waals surface area (Å²) >= 11 is 0. The van der Waals surface area contributed by atoms with Gasteiger partial charge in [-0.15, -0.1) is 0 Å². The molecule has 138 valence electrons. The lowest BCUT2D eigenvalue weighted by molar-refractivity contribution is -0.120. The Morgan fingerprint density at radius 2 is 1.92 bits per heavy atom. The van der Waals surface area contributed by atoms with E-state index in [2.05, 4.69) is 10.6 Å². The van der Waals surface area contributed by atoms with Gasteiger partial charge in [-0.2, -0.15) is 0 Å². The Kier molecular flexibility index (Phi) is 7.25. The standard InChI is InChI=1S/C19H29N3O3/c1-22(2)17-10-9-15(13-16(17)19(24)20-11-12-25-3)21-18(23)14-7-5-4-6-8-14/h9-10,13-14H,4-8,11-12H2,1-3H3,(H,20,24)(H,21,23). The molecule has 1 aliphatic rings. The molecule has 0 spiro atoms. The predicted molar refractivity (Wildman–Crippen MR) is 100 cm³/mol. The third-order valence-electron chi connectivity index (χ3n) is 4.56. The zero-order valence-electron chi connectivity index (χ0n) is 15.4. The summed E-state index contributed by atoms with van der Waals surface area (Å²) < 4.78 is 4.97. The number of nitrogens with zero attached hydrogens (tertiary/aromatic N) is 1. The van der Waals surface area contributed by atoms with Crippen LogP contribution in [-0.2, 0) is 9.53 Å². The van der Waals surface area contributed by atoms with E-state index < -0.39 is 0 Å². The van der Waals surface area contributed by atoms with Crippen molar-refractivity contribution >= 4 is 23.2 Å². The van der Waals surface area contributed by atoms with E-state index in [0.29, 0.717) is 24.4 Å². The van der Waals surface area contributed by atoms with Gasteiger partial charge < -0.3 is 20.3 Å². The van der Waals surface area contributed by atoms with E-state index in [-0.39, 0.29) is 17.7 Å². The maximum atomic E-state index is 12.5. The van der Waals surface area contributed by atoms with E-state index in [1.807, 2.05) is 31.1 Å². The van der Waals surface area contributed by atoms with Crippen molar-refractivity contribution in [3.63, 3.8) is 0 Å². The van der Waals surface area contributed by atoms with Crippen LogP contribution in [0.15, 0.2) is 18.2 Å². The Morgan fingerprint density at radius 3 is 2.56 bits per heavy atom. The molecule has 1 fully saturated rings. The second kappa shape index (κ2) is 9.42. The van der Waals surface area contributed by atoms with E-state index in [0.717, 1.165) is 31.4 Å². The molecule has 1 aromatic carbocycles. The van der Waals surface area contributed by atoms with Gasteiger partial charge in [0, 0.05) is 45.0 Å². The summed E-state index contributed by atoms with van der Waals surface area (Å²) in [7, 11) is 5.38. The summed E-state index contributed by atoms with van der Waals surface area (Å²) in [6.07, 6.45) is 5.35. The number of rotatable bonds is 7. The second-order valence-electron chi connectivity index (χ2n) is 6.70. The molecule has 0 heterocycles. The summed E-state index contributed by atoms with van der Waals surface area (Å²) in [5, 5.41) is 5.81. The molecule has 0 bridgehead atoms. The summed E-state index contributed by atoms with van der Waals surface area (Å²) in [6, 6.07) is 5.46. The highest BCUT2D eigenvalue weighted by molar-refractivity contribution is 6.02. The Hall–Kier alpha value is -2.08. The normalized spacial score (nSPS) is 14.8. The van der Waals surface area contributed by atoms with E-state index in [9.17, 15) is 9.59 Å². The molecule has 0 aromatic heterocycles. The average Bonchev–Trinajstić information content (AvgIpc) is 2.62. The second-order valence-corrected chi connectivity index (χ2v) is 6.70. The number of anilines is 2. The molecule has 2 N–H and O–H groups in total. The van der Waals surface area contributed by atoms with Crippen LogP contribution in [0.25, 0.3) is 0 Å². The van der Waals surface area contributed by atoms with Gasteiger partial charge >= 0.3 is 0 Å². The monoisotopic (exact) mass is 347 g/mol. The van der Waals surface area contributed by atoms with Gasteiger partial charge in [-0.3, -0.25) is 9.59 Å². The molecule has 0 radical (unpaired) electrons. The number of ether oxygens (including phenoxy) is 1. The van der Waals surface area contributed by atoms with Crippen molar-refractivity contribution in [2.75, 3.05) is 44.6 Å². The van der Waals surface area contributed by atoms with Gasteiger partial charge in [-0.25, -0.2) is 0 Å². The number of hydrogen-bond donors (Lipinski definition) is 2. The third kappa shape index (κ3) is 5.46. The number of amides is 2. The van der Waals surface area contributed by atoms with Crippen LogP contribution >= 0.6 is 0 Å². The minimum Gasteiger partial charge on any atom is -0.383 e. The highest BCUT2D eigenvalue weighted by Gasteiger charge is 2.22. The molecule has 1 aliphatic carbocycles. The van der Waals surface area contributed by atoms with Gasteiger partial charge in [-0.05, 0) is 31.0 Å². The summed E-state index contributed by atoms with van der Waals surface area (Å²) in [6.45, 7) is 0.905. The minimum absolute atomic E-state index is 0.0584. The Labute approximate surface area is 149 Å². The fraction of sp³-hybridized carbons (Fsp3) is 0.579. The van der Waals surface area contributed by atoms with E-state index in [1.165, 1.54) is 6.42 Å². The van der Waals surface area contributed by atoms with E-state index in [4.69, 9.17) is 4.74 Å². The highest BCUT2D eigenvalue weighted by Crippen LogP contribution is 2.27. The third-order valence-corrected chi connectivity index (χ3v) is 4.56. The van der Waals surface area contributed by atoms with Crippen molar-refractivity contribution in [1.82, 2.24) is 5.32 Å². The van der Waals surface area contributed by atoms with Crippen LogP contribution in [0.3, 0.4) is 0 Å². The Morgan fingerprint density at radius 1 is 1.20 bits per heavy atom. The van der Waals surface area contributed by atoms with Gasteiger partial charge in [0.1, 0.15) is 0 Å². The molecule has 1 saturated carbocycles. The molecule has 6 nitrogen and oxygen atoms in total. The highest BCUT2D eigenvalue weighted by atomic mass is 16.5. The zero-order valence-corrected chi connectivity index (χ0v) is 15.4. The molecule has 0 aliphatic heterocycles. The van der Waals surface area contributed by atoms with Gasteiger partial charge in [0.05, 0.1) is 12.2 Å². The van der Waals surface area contributed by atoms with Crippen LogP contribution in [-0.4, -0.2) is 46.2 Å². The van der Waals surface area contributed by atoms with Gasteiger partial charge in [-0.1, -0.05) is 19.3 Å². The summed E-state index contributed by atoms with van der Waals surface area (Å²) in [5.74, 6) is -0.0289. The molecule has 0 atom stereocenters. The van der Waals surface area contributed by atoms with Crippen molar-refractivity contribution in [2.45, 2.75) is 32.1 Å². The quantitative estimate of drug-likeness (QED) is 0.744. The van der Waals surface area contributed by atoms with Crippen molar-refractivity contribution in [3.8, 4) is 0 Å². The zero-order chi connectivity index (χ0) is 18.2. The van der Waals surface area contributed by atoms with Crippen LogP contribution in [0.4, 0.5) is 11.4 Å². The molecule has 1 aromatic rings. The molecule has 0 saturated heterocycles. The molecular formula is C19H29N3O3. The first kappa shape index (κ1) is 19.2. The van der Waals surface area contributed by atoms with Crippen molar-refractivity contribution < 1.29 is 14.3 Å². The Balaban J connectivity index is 2.12. The lowest BCUT2D eigenvalue weighted by atomic mass is 9.88. The first-order chi connectivity index (χ1) is 12.0. The van der Waals surface area contributed by atoms with E-state index >= 15 is 0 Å². The van der Waals surface area contributed by atoms with Gasteiger partial charge in [0.2, 0.25) is 5.91 Å². The van der Waals surface area contributed by atoms with Crippen LogP contribution < -0.4 is 15.5 Å². The smallest absolute Gasteiger partial charge is 0.253 e. The minimum atomic E-state index is -0.172. The van der Waals surface area contributed by atoms with Crippen LogP contribution in [0.5, 0.6) is 0 Å². The van der Waals surface area contributed by atoms with Crippen LogP contribution in [0.1, 0.15) is 42.5 Å².